The zero-order valence-corrected chi connectivity index (χ0v) is 13.7. The van der Waals surface area contributed by atoms with Crippen LogP contribution in [0, 0.1) is 20.8 Å². The summed E-state index contributed by atoms with van der Waals surface area (Å²) in [5, 5.41) is 0. The highest BCUT2D eigenvalue weighted by Gasteiger charge is 2.14. The van der Waals surface area contributed by atoms with E-state index in [1.165, 1.54) is 22.3 Å². The average Bonchev–Trinajstić information content (AvgIpc) is 2.36. The second kappa shape index (κ2) is 8.32. The third-order valence-corrected chi connectivity index (χ3v) is 4.27. The zero-order valence-electron chi connectivity index (χ0n) is 12.9. The van der Waals surface area contributed by atoms with Crippen LogP contribution in [0.5, 0.6) is 0 Å². The Bertz CT molecular complexity index is 437. The number of carbonyl (C=O) groups excluding carboxylic acids is 1. The Morgan fingerprint density at radius 1 is 1.30 bits per heavy atom. The van der Waals surface area contributed by atoms with Gasteiger partial charge in [-0.3, -0.25) is 4.79 Å². The minimum Gasteiger partial charge on any atom is -0.465 e. The molecule has 112 valence electrons. The Balaban J connectivity index is 2.40. The summed E-state index contributed by atoms with van der Waals surface area (Å²) in [6.45, 7) is 8.61. The summed E-state index contributed by atoms with van der Waals surface area (Å²) >= 11 is 1.82. The Morgan fingerprint density at radius 2 is 1.90 bits per heavy atom. The molecule has 1 rings (SSSR count). The fraction of sp³-hybridized carbons (Fsp3) is 0.562. The van der Waals surface area contributed by atoms with Crippen molar-refractivity contribution in [2.45, 2.75) is 45.9 Å². The molecule has 0 heterocycles. The summed E-state index contributed by atoms with van der Waals surface area (Å²) in [5.41, 5.74) is 11.1. The molecule has 0 radical (unpaired) electrons. The van der Waals surface area contributed by atoms with Gasteiger partial charge in [0.05, 0.1) is 6.61 Å². The lowest BCUT2D eigenvalue weighted by Gasteiger charge is -2.12. The molecule has 2 N–H and O–H groups in total. The number of aryl methyl sites for hydroxylation is 3. The van der Waals surface area contributed by atoms with Crippen molar-refractivity contribution in [3.63, 3.8) is 0 Å². The number of ether oxygens (including phenoxy) is 1. The third kappa shape index (κ3) is 5.17. The maximum atomic E-state index is 11.4. The fourth-order valence-electron chi connectivity index (χ4n) is 2.19. The van der Waals surface area contributed by atoms with Gasteiger partial charge < -0.3 is 10.5 Å². The van der Waals surface area contributed by atoms with E-state index in [2.05, 4.69) is 32.9 Å². The lowest BCUT2D eigenvalue weighted by Crippen LogP contribution is -2.32. The first-order valence-electron chi connectivity index (χ1n) is 7.02. The summed E-state index contributed by atoms with van der Waals surface area (Å²) in [6.07, 6.45) is 0.660. The summed E-state index contributed by atoms with van der Waals surface area (Å²) < 4.78 is 4.90. The van der Waals surface area contributed by atoms with Crippen LogP contribution in [0.3, 0.4) is 0 Å². The fourth-order valence-corrected chi connectivity index (χ4v) is 3.41. The number of benzene rings is 1. The quantitative estimate of drug-likeness (QED) is 0.620. The molecule has 3 nitrogen and oxygen atoms in total. The van der Waals surface area contributed by atoms with Crippen molar-refractivity contribution in [3.05, 3.63) is 34.4 Å². The third-order valence-electron chi connectivity index (χ3n) is 3.25. The number of hydrogen-bond donors (Lipinski definition) is 1. The van der Waals surface area contributed by atoms with E-state index < -0.39 is 6.04 Å². The molecule has 0 fully saturated rings. The standard InChI is InChI=1S/C16H25NO2S/c1-5-19-16(18)15(17)6-7-20-10-14-12(3)8-11(2)9-13(14)4/h8-9,15H,5-7,10,17H2,1-4H3. The lowest BCUT2D eigenvalue weighted by atomic mass is 10.0. The van der Waals surface area contributed by atoms with Gasteiger partial charge in [-0.1, -0.05) is 17.7 Å². The van der Waals surface area contributed by atoms with Crippen LogP contribution in [0.25, 0.3) is 0 Å². The van der Waals surface area contributed by atoms with Gasteiger partial charge >= 0.3 is 5.97 Å². The highest BCUT2D eigenvalue weighted by atomic mass is 32.2. The molecule has 0 aromatic heterocycles. The van der Waals surface area contributed by atoms with Crippen molar-refractivity contribution in [2.24, 2.45) is 5.73 Å². The summed E-state index contributed by atoms with van der Waals surface area (Å²) in [5.74, 6) is 1.54. The van der Waals surface area contributed by atoms with E-state index in [1.807, 2.05) is 11.8 Å². The molecular formula is C16H25NO2S. The van der Waals surface area contributed by atoms with Gasteiger partial charge in [-0.05, 0) is 56.6 Å². The number of carbonyl (C=O) groups is 1. The molecule has 0 aliphatic rings. The van der Waals surface area contributed by atoms with Gasteiger partial charge in [0.2, 0.25) is 0 Å². The second-order valence-corrected chi connectivity index (χ2v) is 6.18. The molecule has 4 heteroatoms. The van der Waals surface area contributed by atoms with Crippen LogP contribution in [-0.4, -0.2) is 24.4 Å². The first-order chi connectivity index (χ1) is 9.45. The minimum absolute atomic E-state index is 0.296. The topological polar surface area (TPSA) is 52.3 Å². The van der Waals surface area contributed by atoms with Crippen LogP contribution in [0.1, 0.15) is 35.6 Å². The number of esters is 1. The van der Waals surface area contributed by atoms with E-state index >= 15 is 0 Å². The second-order valence-electron chi connectivity index (χ2n) is 5.08. The van der Waals surface area contributed by atoms with Gasteiger partial charge in [0.25, 0.3) is 0 Å². The SMILES string of the molecule is CCOC(=O)C(N)CCSCc1c(C)cc(C)cc1C. The average molecular weight is 295 g/mol. The molecule has 20 heavy (non-hydrogen) atoms. The Morgan fingerprint density at radius 3 is 2.45 bits per heavy atom. The number of rotatable bonds is 7. The molecule has 0 spiro atoms. The van der Waals surface area contributed by atoms with E-state index in [9.17, 15) is 4.79 Å². The number of thioether (sulfide) groups is 1. The Hall–Kier alpha value is -1.00. The number of nitrogens with two attached hydrogens (primary N) is 1. The molecular weight excluding hydrogens is 270 g/mol. The van der Waals surface area contributed by atoms with Crippen molar-refractivity contribution in [1.29, 1.82) is 0 Å². The van der Waals surface area contributed by atoms with Crippen molar-refractivity contribution < 1.29 is 9.53 Å². The minimum atomic E-state index is -0.498. The van der Waals surface area contributed by atoms with Gasteiger partial charge in [-0.2, -0.15) is 11.8 Å². The van der Waals surface area contributed by atoms with Gasteiger partial charge in [-0.25, -0.2) is 0 Å². The highest BCUT2D eigenvalue weighted by molar-refractivity contribution is 7.98. The maximum Gasteiger partial charge on any atom is 0.322 e. The van der Waals surface area contributed by atoms with Gasteiger partial charge in [-0.15, -0.1) is 0 Å². The monoisotopic (exact) mass is 295 g/mol. The molecule has 1 aromatic rings. The van der Waals surface area contributed by atoms with Crippen LogP contribution >= 0.6 is 11.8 Å². The summed E-state index contributed by atoms with van der Waals surface area (Å²) in [4.78, 5) is 11.4. The normalized spacial score (nSPS) is 12.2. The molecule has 1 aromatic carbocycles. The lowest BCUT2D eigenvalue weighted by molar-refractivity contribution is -0.144. The molecule has 0 saturated carbocycles. The van der Waals surface area contributed by atoms with Crippen LogP contribution < -0.4 is 5.73 Å². The molecule has 0 saturated heterocycles. The van der Waals surface area contributed by atoms with Crippen LogP contribution in [-0.2, 0) is 15.3 Å². The molecule has 0 amide bonds. The summed E-state index contributed by atoms with van der Waals surface area (Å²) in [6, 6.07) is 3.93. The zero-order chi connectivity index (χ0) is 15.1. The molecule has 1 atom stereocenters. The van der Waals surface area contributed by atoms with E-state index in [4.69, 9.17) is 10.5 Å². The Kier molecular flexibility index (Phi) is 7.10. The highest BCUT2D eigenvalue weighted by Crippen LogP contribution is 2.22. The maximum absolute atomic E-state index is 11.4. The molecule has 0 aliphatic heterocycles. The van der Waals surface area contributed by atoms with E-state index in [0.717, 1.165) is 11.5 Å². The largest absolute Gasteiger partial charge is 0.465 e. The van der Waals surface area contributed by atoms with E-state index in [1.54, 1.807) is 6.92 Å². The van der Waals surface area contributed by atoms with Crippen molar-refractivity contribution >= 4 is 17.7 Å². The predicted molar refractivity (Wildman–Crippen MR) is 86.0 cm³/mol. The summed E-state index contributed by atoms with van der Waals surface area (Å²) in [7, 11) is 0. The predicted octanol–water partition coefficient (Wildman–Crippen LogP) is 3.13. The van der Waals surface area contributed by atoms with Crippen molar-refractivity contribution in [1.82, 2.24) is 0 Å². The molecule has 1 unspecified atom stereocenters. The van der Waals surface area contributed by atoms with E-state index in [-0.39, 0.29) is 5.97 Å². The van der Waals surface area contributed by atoms with Crippen LogP contribution in [0.2, 0.25) is 0 Å². The van der Waals surface area contributed by atoms with E-state index in [0.29, 0.717) is 13.0 Å². The molecule has 0 aliphatic carbocycles. The van der Waals surface area contributed by atoms with Crippen molar-refractivity contribution in [3.8, 4) is 0 Å². The first kappa shape index (κ1) is 17.1. The van der Waals surface area contributed by atoms with Crippen molar-refractivity contribution in [2.75, 3.05) is 12.4 Å². The van der Waals surface area contributed by atoms with Gasteiger partial charge in [0.1, 0.15) is 6.04 Å². The van der Waals surface area contributed by atoms with Crippen LogP contribution in [0.4, 0.5) is 0 Å². The van der Waals surface area contributed by atoms with Gasteiger partial charge in [0, 0.05) is 5.75 Å². The first-order valence-corrected chi connectivity index (χ1v) is 8.17. The smallest absolute Gasteiger partial charge is 0.322 e. The van der Waals surface area contributed by atoms with Crippen LogP contribution in [0.15, 0.2) is 12.1 Å². The number of hydrogen-bond acceptors (Lipinski definition) is 4. The Labute approximate surface area is 126 Å². The molecule has 0 bridgehead atoms. The van der Waals surface area contributed by atoms with Gasteiger partial charge in [0.15, 0.2) is 0 Å².